The molecule has 21 heavy (non-hydrogen) atoms. The van der Waals surface area contributed by atoms with Crippen LogP contribution < -0.4 is 5.32 Å². The number of nitrogens with zero attached hydrogens (tertiary/aromatic N) is 2. The molecule has 2 bridgehead atoms. The number of hydrogen-bond donors (Lipinski definition) is 1. The lowest BCUT2D eigenvalue weighted by atomic mass is 9.89. The van der Waals surface area contributed by atoms with Crippen LogP contribution in [0.15, 0.2) is 23.2 Å². The molecule has 0 saturated heterocycles. The molecule has 1 N–H and O–H groups in total. The van der Waals surface area contributed by atoms with E-state index < -0.39 is 10.0 Å². The van der Waals surface area contributed by atoms with Crippen LogP contribution in [-0.2, 0) is 10.0 Å². The van der Waals surface area contributed by atoms with Gasteiger partial charge < -0.3 is 5.32 Å². The minimum atomic E-state index is -3.48. The van der Waals surface area contributed by atoms with Crippen LogP contribution in [0.25, 0.3) is 0 Å². The molecule has 0 radical (unpaired) electrons. The highest BCUT2D eigenvalue weighted by Gasteiger charge is 2.41. The van der Waals surface area contributed by atoms with Crippen molar-refractivity contribution in [3.8, 4) is 0 Å². The summed E-state index contributed by atoms with van der Waals surface area (Å²) in [4.78, 5) is 4.36. The minimum absolute atomic E-state index is 0.262. The van der Waals surface area contributed by atoms with Crippen LogP contribution in [0.3, 0.4) is 0 Å². The summed E-state index contributed by atoms with van der Waals surface area (Å²) in [7, 11) is -0.0977. The maximum atomic E-state index is 12.8. The van der Waals surface area contributed by atoms with Gasteiger partial charge in [0.25, 0.3) is 0 Å². The van der Waals surface area contributed by atoms with Gasteiger partial charge in [-0.2, -0.15) is 0 Å². The lowest BCUT2D eigenvalue weighted by Gasteiger charge is -2.27. The van der Waals surface area contributed by atoms with Crippen LogP contribution in [0.5, 0.6) is 0 Å². The number of anilines is 1. The third-order valence-corrected chi connectivity index (χ3v) is 6.93. The molecule has 0 aromatic carbocycles. The Labute approximate surface area is 126 Å². The van der Waals surface area contributed by atoms with E-state index in [0.717, 1.165) is 11.8 Å². The molecule has 1 aromatic heterocycles. The quantitative estimate of drug-likeness (QED) is 0.905. The van der Waals surface area contributed by atoms with E-state index in [1.54, 1.807) is 32.4 Å². The van der Waals surface area contributed by atoms with Crippen LogP contribution >= 0.6 is 0 Å². The Morgan fingerprint density at radius 3 is 2.81 bits per heavy atom. The summed E-state index contributed by atoms with van der Waals surface area (Å²) in [5.41, 5.74) is 0. The van der Waals surface area contributed by atoms with E-state index >= 15 is 0 Å². The van der Waals surface area contributed by atoms with E-state index in [2.05, 4.69) is 10.3 Å². The van der Waals surface area contributed by atoms with Crippen molar-refractivity contribution in [3.05, 3.63) is 18.3 Å². The van der Waals surface area contributed by atoms with E-state index in [1.165, 1.54) is 30.0 Å². The van der Waals surface area contributed by atoms with E-state index in [9.17, 15) is 8.42 Å². The SMILES string of the molecule is CNc1ncccc1S(=O)(=O)N(C)CC1CC2CCC1C2. The van der Waals surface area contributed by atoms with E-state index in [-0.39, 0.29) is 4.90 Å². The van der Waals surface area contributed by atoms with Crippen molar-refractivity contribution >= 4 is 15.8 Å². The molecule has 5 nitrogen and oxygen atoms in total. The Bertz CT molecular complexity index is 617. The highest BCUT2D eigenvalue weighted by atomic mass is 32.2. The molecule has 3 atom stereocenters. The number of aromatic nitrogens is 1. The van der Waals surface area contributed by atoms with Crippen LogP contribution in [0.4, 0.5) is 5.82 Å². The van der Waals surface area contributed by atoms with Crippen LogP contribution in [-0.4, -0.2) is 38.3 Å². The average Bonchev–Trinajstić information content (AvgIpc) is 3.09. The van der Waals surface area contributed by atoms with Gasteiger partial charge in [-0.25, -0.2) is 17.7 Å². The zero-order valence-corrected chi connectivity index (χ0v) is 13.4. The Morgan fingerprint density at radius 2 is 2.19 bits per heavy atom. The predicted molar refractivity (Wildman–Crippen MR) is 82.5 cm³/mol. The number of rotatable bonds is 5. The third-order valence-electron chi connectivity index (χ3n) is 5.07. The smallest absolute Gasteiger partial charge is 0.246 e. The van der Waals surface area contributed by atoms with Crippen molar-refractivity contribution < 1.29 is 8.42 Å². The Kier molecular flexibility index (Phi) is 3.92. The van der Waals surface area contributed by atoms with Gasteiger partial charge in [0.1, 0.15) is 10.7 Å². The second kappa shape index (κ2) is 5.57. The predicted octanol–water partition coefficient (Wildman–Crippen LogP) is 2.18. The summed E-state index contributed by atoms with van der Waals surface area (Å²) in [5.74, 6) is 2.50. The molecule has 2 aliphatic rings. The zero-order chi connectivity index (χ0) is 15.0. The molecule has 2 aliphatic carbocycles. The average molecular weight is 309 g/mol. The summed E-state index contributed by atoms with van der Waals surface area (Å²) in [5, 5.41) is 2.86. The van der Waals surface area contributed by atoms with Crippen LogP contribution in [0.1, 0.15) is 25.7 Å². The van der Waals surface area contributed by atoms with E-state index in [4.69, 9.17) is 0 Å². The largest absolute Gasteiger partial charge is 0.372 e. The lowest BCUT2D eigenvalue weighted by Crippen LogP contribution is -2.34. The molecule has 0 spiro atoms. The van der Waals surface area contributed by atoms with Gasteiger partial charge in [-0.3, -0.25) is 0 Å². The first kappa shape index (κ1) is 14.8. The van der Waals surface area contributed by atoms with Crippen molar-refractivity contribution in [2.75, 3.05) is 26.0 Å². The van der Waals surface area contributed by atoms with Crippen LogP contribution in [0.2, 0.25) is 0 Å². The number of fused-ring (bicyclic) bond motifs is 2. The second-order valence-electron chi connectivity index (χ2n) is 6.32. The zero-order valence-electron chi connectivity index (χ0n) is 12.6. The summed E-state index contributed by atoms with van der Waals surface area (Å²) >= 11 is 0. The lowest BCUT2D eigenvalue weighted by molar-refractivity contribution is 0.280. The van der Waals surface area contributed by atoms with Crippen molar-refractivity contribution in [2.24, 2.45) is 17.8 Å². The number of pyridine rings is 1. The third kappa shape index (κ3) is 2.66. The molecule has 2 saturated carbocycles. The fraction of sp³-hybridized carbons (Fsp3) is 0.667. The fourth-order valence-corrected chi connectivity index (χ4v) is 5.36. The van der Waals surface area contributed by atoms with E-state index in [1.807, 2.05) is 0 Å². The van der Waals surface area contributed by atoms with Gasteiger partial charge in [0, 0.05) is 26.8 Å². The molecular formula is C15H23N3O2S. The summed E-state index contributed by atoms with van der Waals surface area (Å²) in [6.45, 7) is 0.627. The Hall–Kier alpha value is -1.14. The minimum Gasteiger partial charge on any atom is -0.372 e. The van der Waals surface area contributed by atoms with E-state index in [0.29, 0.717) is 18.3 Å². The molecule has 6 heteroatoms. The summed E-state index contributed by atoms with van der Waals surface area (Å²) in [6, 6.07) is 3.28. The van der Waals surface area contributed by atoms with Gasteiger partial charge in [0.15, 0.2) is 0 Å². The number of hydrogen-bond acceptors (Lipinski definition) is 4. The maximum absolute atomic E-state index is 12.8. The molecule has 3 unspecified atom stereocenters. The molecular weight excluding hydrogens is 286 g/mol. The number of nitrogens with one attached hydrogen (secondary N) is 1. The van der Waals surface area contributed by atoms with Gasteiger partial charge >= 0.3 is 0 Å². The first-order valence-electron chi connectivity index (χ1n) is 7.61. The van der Waals surface area contributed by atoms with Gasteiger partial charge in [-0.1, -0.05) is 6.42 Å². The van der Waals surface area contributed by atoms with Gasteiger partial charge in [0.2, 0.25) is 10.0 Å². The first-order chi connectivity index (χ1) is 10.0. The molecule has 2 fully saturated rings. The Balaban J connectivity index is 1.78. The maximum Gasteiger partial charge on any atom is 0.246 e. The van der Waals surface area contributed by atoms with Crippen molar-refractivity contribution in [1.29, 1.82) is 0 Å². The molecule has 0 amide bonds. The first-order valence-corrected chi connectivity index (χ1v) is 9.05. The summed E-state index contributed by atoms with van der Waals surface area (Å²) < 4.78 is 27.0. The molecule has 3 rings (SSSR count). The van der Waals surface area contributed by atoms with Gasteiger partial charge in [-0.05, 0) is 49.1 Å². The molecule has 0 aliphatic heterocycles. The molecule has 1 heterocycles. The normalized spacial score (nSPS) is 28.2. The van der Waals surface area contributed by atoms with Gasteiger partial charge in [0.05, 0.1) is 0 Å². The Morgan fingerprint density at radius 1 is 1.38 bits per heavy atom. The molecule has 1 aromatic rings. The van der Waals surface area contributed by atoms with Crippen molar-refractivity contribution in [3.63, 3.8) is 0 Å². The van der Waals surface area contributed by atoms with Gasteiger partial charge in [-0.15, -0.1) is 0 Å². The fourth-order valence-electron chi connectivity index (χ4n) is 3.98. The van der Waals surface area contributed by atoms with Crippen molar-refractivity contribution in [2.45, 2.75) is 30.6 Å². The highest BCUT2D eigenvalue weighted by Crippen LogP contribution is 2.48. The second-order valence-corrected chi connectivity index (χ2v) is 8.33. The van der Waals surface area contributed by atoms with Crippen molar-refractivity contribution in [1.82, 2.24) is 9.29 Å². The monoisotopic (exact) mass is 309 g/mol. The standard InChI is InChI=1S/C15H23N3O2S/c1-16-15-14(4-3-7-17-15)21(19,20)18(2)10-13-9-11-5-6-12(13)8-11/h3-4,7,11-13H,5-6,8-10H2,1-2H3,(H,16,17). The molecule has 116 valence electrons. The van der Waals surface area contributed by atoms with Crippen LogP contribution in [0, 0.1) is 17.8 Å². The number of sulfonamides is 1. The summed E-state index contributed by atoms with van der Waals surface area (Å²) in [6.07, 6.45) is 6.70. The highest BCUT2D eigenvalue weighted by molar-refractivity contribution is 7.89. The topological polar surface area (TPSA) is 62.3 Å².